The van der Waals surface area contributed by atoms with Crippen molar-refractivity contribution in [2.24, 2.45) is 0 Å². The second kappa shape index (κ2) is 8.09. The number of nitrogens with zero attached hydrogens (tertiary/aromatic N) is 1. The van der Waals surface area contributed by atoms with Gasteiger partial charge in [0.2, 0.25) is 0 Å². The van der Waals surface area contributed by atoms with Crippen molar-refractivity contribution < 1.29 is 19.1 Å². The Morgan fingerprint density at radius 2 is 1.45 bits per heavy atom. The fraction of sp³-hybridized carbons (Fsp3) is 0.161. The molecule has 0 saturated heterocycles. The molecule has 2 aliphatic heterocycles. The molecule has 1 aliphatic carbocycles. The molecule has 0 atom stereocenters. The Morgan fingerprint density at radius 1 is 0.816 bits per heavy atom. The summed E-state index contributed by atoms with van der Waals surface area (Å²) in [5.74, 6) is -1.50. The third-order valence-electron chi connectivity index (χ3n) is 8.16. The van der Waals surface area contributed by atoms with Crippen molar-refractivity contribution in [1.29, 1.82) is 0 Å². The third kappa shape index (κ3) is 2.88. The van der Waals surface area contributed by atoms with Crippen molar-refractivity contribution in [3.8, 4) is 0 Å². The van der Waals surface area contributed by atoms with Gasteiger partial charge in [-0.1, -0.05) is 0 Å². The first kappa shape index (κ1) is 23.8. The molecule has 3 aliphatic rings. The van der Waals surface area contributed by atoms with Gasteiger partial charge in [-0.05, 0) is 0 Å². The predicted octanol–water partition coefficient (Wildman–Crippen LogP) is 4.62. The zero-order valence-corrected chi connectivity index (χ0v) is 24.2. The second-order valence-corrected chi connectivity index (χ2v) is 16.9. The molecule has 7 rings (SSSR count). The number of methoxy groups -OCH3 is 2. The topological polar surface area (TPSA) is 55.8 Å². The van der Waals surface area contributed by atoms with E-state index in [9.17, 15) is 9.59 Å². The number of fused-ring (bicyclic) bond motifs is 5. The number of allylic oxidation sites excluding steroid dienone is 1. The molecular formula is C31H25NO4SeSi. The van der Waals surface area contributed by atoms with Crippen molar-refractivity contribution >= 4 is 66.5 Å². The number of ether oxygens (including phenoxy) is 2. The average Bonchev–Trinajstić information content (AvgIpc) is 3.46. The summed E-state index contributed by atoms with van der Waals surface area (Å²) in [5, 5.41) is 2.73. The molecule has 3 heterocycles. The van der Waals surface area contributed by atoms with Crippen molar-refractivity contribution in [2.45, 2.75) is 18.9 Å². The van der Waals surface area contributed by atoms with Gasteiger partial charge in [0.05, 0.1) is 0 Å². The van der Waals surface area contributed by atoms with Crippen molar-refractivity contribution in [2.75, 3.05) is 19.1 Å². The zero-order valence-electron chi connectivity index (χ0n) is 21.5. The number of carbonyl (C=O) groups excluding carboxylic acids is 2. The molecule has 5 nitrogen and oxygen atoms in total. The molecule has 188 valence electrons. The van der Waals surface area contributed by atoms with Crippen LogP contribution in [0.3, 0.4) is 0 Å². The molecule has 1 aromatic heterocycles. The van der Waals surface area contributed by atoms with Crippen LogP contribution >= 0.6 is 0 Å². The van der Waals surface area contributed by atoms with Gasteiger partial charge in [0.15, 0.2) is 0 Å². The van der Waals surface area contributed by atoms with Crippen molar-refractivity contribution in [3.63, 3.8) is 0 Å². The Kier molecular flexibility index (Phi) is 5.06. The van der Waals surface area contributed by atoms with E-state index in [1.54, 1.807) is 44.6 Å². The molecule has 38 heavy (non-hydrogen) atoms. The monoisotopic (exact) mass is 583 g/mol. The molecule has 7 heteroatoms. The van der Waals surface area contributed by atoms with Crippen LogP contribution < -0.4 is 15.3 Å². The van der Waals surface area contributed by atoms with E-state index in [4.69, 9.17) is 9.47 Å². The average molecular weight is 583 g/mol. The zero-order chi connectivity index (χ0) is 26.4. The predicted molar refractivity (Wildman–Crippen MR) is 153 cm³/mol. The number of para-hydroxylation sites is 2. The summed E-state index contributed by atoms with van der Waals surface area (Å²) in [5.41, 5.74) is 5.43. The van der Waals surface area contributed by atoms with Gasteiger partial charge in [0.25, 0.3) is 0 Å². The van der Waals surface area contributed by atoms with Crippen LogP contribution in [0.25, 0.3) is 6.08 Å². The van der Waals surface area contributed by atoms with Gasteiger partial charge in [0.1, 0.15) is 0 Å². The molecule has 0 N–H and O–H groups in total. The minimum absolute atomic E-state index is 0.194. The van der Waals surface area contributed by atoms with Crippen LogP contribution in [0.5, 0.6) is 0 Å². The van der Waals surface area contributed by atoms with Crippen LogP contribution in [0.1, 0.15) is 36.3 Å². The van der Waals surface area contributed by atoms with Crippen molar-refractivity contribution in [1.82, 2.24) is 0 Å². The quantitative estimate of drug-likeness (QED) is 0.153. The van der Waals surface area contributed by atoms with Gasteiger partial charge in [-0.3, -0.25) is 0 Å². The van der Waals surface area contributed by atoms with Crippen LogP contribution in [0.4, 0.5) is 15.9 Å². The van der Waals surface area contributed by atoms with E-state index in [1.807, 2.05) is 0 Å². The molecule has 3 aromatic carbocycles. The Bertz CT molecular complexity index is 1690. The minimum atomic E-state index is -2.01. The SMILES string of the molecule is COC1(OC)c2cc(C=C3C(=O)c4ccccc4C3=O)[se]c2N2c3ccccc3[Si](C)(C)c3cccc1c32. The fourth-order valence-electron chi connectivity index (χ4n) is 6.32. The molecular weight excluding hydrogens is 557 g/mol. The number of hydrogen-bond acceptors (Lipinski definition) is 5. The summed E-state index contributed by atoms with van der Waals surface area (Å²) in [4.78, 5) is 28.7. The third-order valence-corrected chi connectivity index (χ3v) is 13.9. The van der Waals surface area contributed by atoms with E-state index in [0.717, 1.165) is 25.8 Å². The number of benzene rings is 3. The first-order valence-corrected chi connectivity index (χ1v) is 17.2. The van der Waals surface area contributed by atoms with Crippen LogP contribution in [-0.4, -0.2) is 48.4 Å². The number of carbonyl (C=O) groups is 2. The maximum absolute atomic E-state index is 13.2. The van der Waals surface area contributed by atoms with Gasteiger partial charge in [-0.15, -0.1) is 0 Å². The summed E-state index contributed by atoms with van der Waals surface area (Å²) in [6.45, 7) is 4.79. The van der Waals surface area contributed by atoms with E-state index in [-0.39, 0.29) is 31.6 Å². The Balaban J connectivity index is 1.49. The maximum atomic E-state index is 13.2. The standard InChI is InChI=1S/C31H25NO4SeSi/c1-35-31(36-2)22-12-9-15-26-27(22)32(24-13-7-8-14-25(24)38(26,3)4)30-23(31)17-18(37-30)16-21-28(33)19-10-5-6-11-20(19)29(21)34/h5-17H,1-4H3. The summed E-state index contributed by atoms with van der Waals surface area (Å²) >= 11 is -0.194. The molecule has 0 spiro atoms. The van der Waals surface area contributed by atoms with E-state index in [1.165, 1.54) is 16.1 Å². The Hall–Kier alpha value is -3.32. The molecule has 0 fully saturated rings. The Labute approximate surface area is 228 Å². The van der Waals surface area contributed by atoms with Gasteiger partial charge in [0, 0.05) is 0 Å². The fourth-order valence-corrected chi connectivity index (χ4v) is 11.7. The molecule has 0 unspecified atom stereocenters. The molecule has 0 saturated carbocycles. The van der Waals surface area contributed by atoms with E-state index in [2.05, 4.69) is 66.5 Å². The van der Waals surface area contributed by atoms with Crippen LogP contribution in [-0.2, 0) is 15.3 Å². The van der Waals surface area contributed by atoms with Crippen LogP contribution in [0, 0.1) is 0 Å². The van der Waals surface area contributed by atoms with Crippen LogP contribution in [0.2, 0.25) is 13.1 Å². The first-order chi connectivity index (χ1) is 18.3. The summed E-state index contributed by atoms with van der Waals surface area (Å²) in [7, 11) is 1.35. The van der Waals surface area contributed by atoms with Gasteiger partial charge in [-0.25, -0.2) is 0 Å². The number of Topliss-reactive ketones (excluding diaryl/α,β-unsaturated/α-hetero) is 2. The van der Waals surface area contributed by atoms with Crippen molar-refractivity contribution in [3.05, 3.63) is 105 Å². The van der Waals surface area contributed by atoms with Gasteiger partial charge in [-0.2, -0.15) is 0 Å². The molecule has 0 amide bonds. The Morgan fingerprint density at radius 3 is 2.13 bits per heavy atom. The summed E-state index contributed by atoms with van der Waals surface area (Å²) in [6.07, 6.45) is 1.79. The van der Waals surface area contributed by atoms with Gasteiger partial charge >= 0.3 is 229 Å². The number of hydrogen-bond donors (Lipinski definition) is 0. The molecule has 0 radical (unpaired) electrons. The first-order valence-electron chi connectivity index (χ1n) is 12.5. The van der Waals surface area contributed by atoms with E-state index < -0.39 is 13.9 Å². The van der Waals surface area contributed by atoms with E-state index in [0.29, 0.717) is 11.1 Å². The number of anilines is 3. The van der Waals surface area contributed by atoms with Crippen LogP contribution in [0.15, 0.2) is 78.4 Å². The number of ketones is 2. The van der Waals surface area contributed by atoms with E-state index >= 15 is 0 Å². The normalized spacial score (nSPS) is 17.6. The molecule has 4 aromatic rings. The summed E-state index contributed by atoms with van der Waals surface area (Å²) in [6, 6.07) is 24.2. The second-order valence-electron chi connectivity index (χ2n) is 10.3. The molecule has 0 bridgehead atoms. The number of rotatable bonds is 3. The summed E-state index contributed by atoms with van der Waals surface area (Å²) < 4.78 is 14.5. The van der Waals surface area contributed by atoms with Gasteiger partial charge < -0.3 is 0 Å².